The van der Waals surface area contributed by atoms with Crippen LogP contribution in [0.1, 0.15) is 17.2 Å². The number of carbonyl (C=O) groups excluding carboxylic acids is 1. The highest BCUT2D eigenvalue weighted by Gasteiger charge is 2.21. The smallest absolute Gasteiger partial charge is 0.244 e. The molecule has 128 valence electrons. The van der Waals surface area contributed by atoms with Crippen molar-refractivity contribution < 1.29 is 4.79 Å². The van der Waals surface area contributed by atoms with Crippen LogP contribution in [0, 0.1) is 6.92 Å². The second-order valence-electron chi connectivity index (χ2n) is 6.01. The van der Waals surface area contributed by atoms with Gasteiger partial charge in [-0.25, -0.2) is 0 Å². The van der Waals surface area contributed by atoms with E-state index in [-0.39, 0.29) is 5.91 Å². The van der Waals surface area contributed by atoms with E-state index < -0.39 is 6.04 Å². The van der Waals surface area contributed by atoms with E-state index in [1.807, 2.05) is 48.7 Å². The van der Waals surface area contributed by atoms with Crippen molar-refractivity contribution in [2.24, 2.45) is 0 Å². The van der Waals surface area contributed by atoms with Crippen LogP contribution in [0.15, 0.2) is 65.3 Å². The third kappa shape index (κ3) is 4.17. The van der Waals surface area contributed by atoms with E-state index in [1.165, 1.54) is 5.56 Å². The molecule has 0 spiro atoms. The van der Waals surface area contributed by atoms with Gasteiger partial charge in [0.15, 0.2) is 0 Å². The van der Waals surface area contributed by atoms with E-state index in [9.17, 15) is 4.79 Å². The number of carbonyl (C=O) groups is 1. The Labute approximate surface area is 156 Å². The standard InChI is InChI=1S/C20H20BrN3O/c1-14-6-8-16(9-7-14)18-10-11-24(23-18)19(20(25)22-2)13-15-4-3-5-17(21)12-15/h3-12,19H,13H2,1-2H3,(H,22,25)/t19-/m0/s1. The number of aryl methyl sites for hydroxylation is 1. The molecule has 0 radical (unpaired) electrons. The van der Waals surface area contributed by atoms with Crippen LogP contribution in [0.4, 0.5) is 0 Å². The summed E-state index contributed by atoms with van der Waals surface area (Å²) >= 11 is 3.48. The summed E-state index contributed by atoms with van der Waals surface area (Å²) in [5.74, 6) is -0.0569. The number of likely N-dealkylation sites (N-methyl/N-ethyl adjacent to an activating group) is 1. The molecule has 0 saturated carbocycles. The number of nitrogens with one attached hydrogen (secondary N) is 1. The molecule has 1 amide bonds. The van der Waals surface area contributed by atoms with Crippen LogP contribution >= 0.6 is 15.9 Å². The molecule has 1 N–H and O–H groups in total. The zero-order valence-electron chi connectivity index (χ0n) is 14.2. The lowest BCUT2D eigenvalue weighted by atomic mass is 10.1. The fourth-order valence-electron chi connectivity index (χ4n) is 2.75. The number of aromatic nitrogens is 2. The normalized spacial score (nSPS) is 12.0. The van der Waals surface area contributed by atoms with Gasteiger partial charge in [-0.1, -0.05) is 57.9 Å². The summed E-state index contributed by atoms with van der Waals surface area (Å²) in [5.41, 5.74) is 4.20. The quantitative estimate of drug-likeness (QED) is 0.702. The molecule has 0 unspecified atom stereocenters. The molecule has 0 aliphatic heterocycles. The summed E-state index contributed by atoms with van der Waals surface area (Å²) in [4.78, 5) is 12.4. The minimum absolute atomic E-state index is 0.0569. The maximum atomic E-state index is 12.4. The number of hydrogen-bond donors (Lipinski definition) is 1. The number of nitrogens with zero attached hydrogens (tertiary/aromatic N) is 2. The predicted octanol–water partition coefficient (Wildman–Crippen LogP) is 4.15. The maximum absolute atomic E-state index is 12.4. The molecule has 1 atom stereocenters. The van der Waals surface area contributed by atoms with Gasteiger partial charge in [0.2, 0.25) is 5.91 Å². The van der Waals surface area contributed by atoms with Crippen LogP contribution in [0.3, 0.4) is 0 Å². The van der Waals surface area contributed by atoms with Gasteiger partial charge >= 0.3 is 0 Å². The van der Waals surface area contributed by atoms with Crippen LogP contribution in [-0.2, 0) is 11.2 Å². The molecule has 0 fully saturated rings. The van der Waals surface area contributed by atoms with Gasteiger partial charge in [0.25, 0.3) is 0 Å². The molecule has 0 bridgehead atoms. The Morgan fingerprint density at radius 2 is 1.96 bits per heavy atom. The lowest BCUT2D eigenvalue weighted by Gasteiger charge is -2.16. The first-order chi connectivity index (χ1) is 12.1. The largest absolute Gasteiger partial charge is 0.357 e. The fourth-order valence-corrected chi connectivity index (χ4v) is 3.20. The summed E-state index contributed by atoms with van der Waals surface area (Å²) in [6.45, 7) is 2.06. The molecule has 4 nitrogen and oxygen atoms in total. The first-order valence-corrected chi connectivity index (χ1v) is 8.94. The molecule has 2 aromatic carbocycles. The summed E-state index contributed by atoms with van der Waals surface area (Å²) in [5, 5.41) is 7.39. The third-order valence-corrected chi connectivity index (χ3v) is 4.64. The molecule has 0 aliphatic rings. The number of rotatable bonds is 5. The lowest BCUT2D eigenvalue weighted by molar-refractivity contribution is -0.124. The Bertz CT molecular complexity index is 871. The highest BCUT2D eigenvalue weighted by atomic mass is 79.9. The van der Waals surface area contributed by atoms with Crippen molar-refractivity contribution in [3.05, 3.63) is 76.4 Å². The molecule has 0 saturated heterocycles. The Hall–Kier alpha value is -2.40. The molecular formula is C20H20BrN3O. The maximum Gasteiger partial charge on any atom is 0.244 e. The van der Waals surface area contributed by atoms with Crippen LogP contribution in [-0.4, -0.2) is 22.7 Å². The van der Waals surface area contributed by atoms with Crippen LogP contribution in [0.2, 0.25) is 0 Å². The van der Waals surface area contributed by atoms with Crippen molar-refractivity contribution in [1.82, 2.24) is 15.1 Å². The Balaban J connectivity index is 1.89. The van der Waals surface area contributed by atoms with Gasteiger partial charge in [-0.15, -0.1) is 0 Å². The van der Waals surface area contributed by atoms with E-state index in [4.69, 9.17) is 0 Å². The van der Waals surface area contributed by atoms with Gasteiger partial charge in [-0.2, -0.15) is 5.10 Å². The monoisotopic (exact) mass is 397 g/mol. The van der Waals surface area contributed by atoms with Crippen molar-refractivity contribution in [2.45, 2.75) is 19.4 Å². The van der Waals surface area contributed by atoms with Crippen LogP contribution < -0.4 is 5.32 Å². The Morgan fingerprint density at radius 1 is 1.20 bits per heavy atom. The van der Waals surface area contributed by atoms with Gasteiger partial charge < -0.3 is 5.32 Å². The SMILES string of the molecule is CNC(=O)[C@H](Cc1cccc(Br)c1)n1ccc(-c2ccc(C)cc2)n1. The highest BCUT2D eigenvalue weighted by molar-refractivity contribution is 9.10. The van der Waals surface area contributed by atoms with Gasteiger partial charge in [-0.05, 0) is 30.7 Å². The summed E-state index contributed by atoms with van der Waals surface area (Å²) in [6, 6.07) is 17.8. The minimum Gasteiger partial charge on any atom is -0.357 e. The summed E-state index contributed by atoms with van der Waals surface area (Å²) in [7, 11) is 1.65. The molecule has 3 rings (SSSR count). The molecule has 1 aromatic heterocycles. The average Bonchev–Trinajstić information content (AvgIpc) is 3.09. The zero-order valence-corrected chi connectivity index (χ0v) is 15.8. The first-order valence-electron chi connectivity index (χ1n) is 8.15. The first kappa shape index (κ1) is 17.4. The highest BCUT2D eigenvalue weighted by Crippen LogP contribution is 2.22. The number of hydrogen-bond acceptors (Lipinski definition) is 2. The fraction of sp³-hybridized carbons (Fsp3) is 0.200. The molecular weight excluding hydrogens is 378 g/mol. The number of amides is 1. The van der Waals surface area contributed by atoms with E-state index >= 15 is 0 Å². The molecule has 5 heteroatoms. The van der Waals surface area contributed by atoms with Gasteiger partial charge in [0.05, 0.1) is 5.69 Å². The predicted molar refractivity (Wildman–Crippen MR) is 103 cm³/mol. The van der Waals surface area contributed by atoms with E-state index in [0.717, 1.165) is 21.3 Å². The second-order valence-corrected chi connectivity index (χ2v) is 6.93. The minimum atomic E-state index is -0.390. The van der Waals surface area contributed by atoms with E-state index in [0.29, 0.717) is 6.42 Å². The average molecular weight is 398 g/mol. The van der Waals surface area contributed by atoms with E-state index in [2.05, 4.69) is 45.4 Å². The number of benzene rings is 2. The lowest BCUT2D eigenvalue weighted by Crippen LogP contribution is -2.31. The summed E-state index contributed by atoms with van der Waals surface area (Å²) < 4.78 is 2.75. The third-order valence-electron chi connectivity index (χ3n) is 4.14. The zero-order chi connectivity index (χ0) is 17.8. The second kappa shape index (κ2) is 7.66. The van der Waals surface area contributed by atoms with E-state index in [1.54, 1.807) is 11.7 Å². The topological polar surface area (TPSA) is 46.9 Å². The van der Waals surface area contributed by atoms with Crippen LogP contribution in [0.25, 0.3) is 11.3 Å². The Morgan fingerprint density at radius 3 is 2.64 bits per heavy atom. The van der Waals surface area contributed by atoms with Crippen LogP contribution in [0.5, 0.6) is 0 Å². The van der Waals surface area contributed by atoms with Gasteiger partial charge in [-0.3, -0.25) is 9.48 Å². The molecule has 25 heavy (non-hydrogen) atoms. The molecule has 0 aliphatic carbocycles. The van der Waals surface area contributed by atoms with Crippen molar-refractivity contribution >= 4 is 21.8 Å². The summed E-state index contributed by atoms with van der Waals surface area (Å²) in [6.07, 6.45) is 2.45. The number of halogens is 1. The van der Waals surface area contributed by atoms with Crippen molar-refractivity contribution in [3.8, 4) is 11.3 Å². The Kier molecular flexibility index (Phi) is 5.34. The van der Waals surface area contributed by atoms with Crippen molar-refractivity contribution in [3.63, 3.8) is 0 Å². The van der Waals surface area contributed by atoms with Crippen molar-refractivity contribution in [1.29, 1.82) is 0 Å². The van der Waals surface area contributed by atoms with Crippen molar-refractivity contribution in [2.75, 3.05) is 7.05 Å². The van der Waals surface area contributed by atoms with Gasteiger partial charge in [0.1, 0.15) is 6.04 Å². The van der Waals surface area contributed by atoms with Gasteiger partial charge in [0, 0.05) is 29.7 Å². The molecule has 3 aromatic rings. The molecule has 1 heterocycles.